The average molecular weight is 432 g/mol. The maximum Gasteiger partial charge on any atom is 0.266 e. The van der Waals surface area contributed by atoms with E-state index in [1.807, 2.05) is 36.4 Å². The molecule has 0 aliphatic heterocycles. The molecular formula is C24H21N3O3S. The van der Waals surface area contributed by atoms with Crippen LogP contribution in [0.5, 0.6) is 0 Å². The number of thioether (sulfide) groups is 1. The summed E-state index contributed by atoms with van der Waals surface area (Å²) in [6.45, 7) is 5.04. The standard InChI is InChI=1S/C24H21N3O3S/c1-14-21(16(3)28)15(2)25-22(14)20(29)13-31-24-26-19-12-8-7-11-18(19)23(30)27(24)17-9-5-4-6-10-17/h4-12,25H,13H2,1-3H3. The number of aromatic amines is 1. The fourth-order valence-electron chi connectivity index (χ4n) is 3.77. The van der Waals surface area contributed by atoms with Crippen molar-refractivity contribution in [1.29, 1.82) is 0 Å². The third-order valence-corrected chi connectivity index (χ3v) is 6.10. The zero-order valence-electron chi connectivity index (χ0n) is 17.4. The minimum atomic E-state index is -0.183. The van der Waals surface area contributed by atoms with Crippen LogP contribution >= 0.6 is 11.8 Å². The third-order valence-electron chi connectivity index (χ3n) is 5.16. The number of benzene rings is 2. The van der Waals surface area contributed by atoms with Gasteiger partial charge in [0.15, 0.2) is 16.7 Å². The molecular weight excluding hydrogens is 410 g/mol. The number of H-pyrrole nitrogens is 1. The van der Waals surface area contributed by atoms with Crippen molar-refractivity contribution in [2.24, 2.45) is 0 Å². The number of aromatic nitrogens is 3. The van der Waals surface area contributed by atoms with Gasteiger partial charge in [0.05, 0.1) is 28.0 Å². The summed E-state index contributed by atoms with van der Waals surface area (Å²) < 4.78 is 1.54. The highest BCUT2D eigenvalue weighted by Gasteiger charge is 2.21. The Kier molecular flexibility index (Phi) is 5.61. The van der Waals surface area contributed by atoms with Crippen molar-refractivity contribution in [2.75, 3.05) is 5.75 Å². The summed E-state index contributed by atoms with van der Waals surface area (Å²) in [4.78, 5) is 45.8. The van der Waals surface area contributed by atoms with Gasteiger partial charge in [-0.3, -0.25) is 19.0 Å². The van der Waals surface area contributed by atoms with E-state index in [1.54, 1.807) is 32.0 Å². The fourth-order valence-corrected chi connectivity index (χ4v) is 4.66. The van der Waals surface area contributed by atoms with Gasteiger partial charge in [-0.25, -0.2) is 4.98 Å². The first-order valence-corrected chi connectivity index (χ1v) is 10.8. The van der Waals surface area contributed by atoms with Gasteiger partial charge in [0.2, 0.25) is 0 Å². The van der Waals surface area contributed by atoms with Gasteiger partial charge in [-0.05, 0) is 50.6 Å². The quantitative estimate of drug-likeness (QED) is 0.276. The van der Waals surface area contributed by atoms with Crippen LogP contribution in [0.15, 0.2) is 64.5 Å². The molecule has 4 aromatic rings. The lowest BCUT2D eigenvalue weighted by atomic mass is 10.1. The van der Waals surface area contributed by atoms with Crippen molar-refractivity contribution in [1.82, 2.24) is 14.5 Å². The Balaban J connectivity index is 1.74. The molecule has 0 amide bonds. The third kappa shape index (κ3) is 3.84. The molecule has 0 saturated heterocycles. The zero-order valence-corrected chi connectivity index (χ0v) is 18.2. The van der Waals surface area contributed by atoms with Crippen molar-refractivity contribution < 1.29 is 9.59 Å². The van der Waals surface area contributed by atoms with Gasteiger partial charge in [0, 0.05) is 11.3 Å². The predicted molar refractivity (Wildman–Crippen MR) is 123 cm³/mol. The lowest BCUT2D eigenvalue weighted by Gasteiger charge is -2.13. The van der Waals surface area contributed by atoms with Crippen LogP contribution in [-0.2, 0) is 0 Å². The number of carbonyl (C=O) groups excluding carboxylic acids is 2. The van der Waals surface area contributed by atoms with Crippen molar-refractivity contribution in [3.63, 3.8) is 0 Å². The van der Waals surface area contributed by atoms with E-state index in [9.17, 15) is 14.4 Å². The molecule has 7 heteroatoms. The Morgan fingerprint density at radius 3 is 2.39 bits per heavy atom. The van der Waals surface area contributed by atoms with Crippen molar-refractivity contribution in [3.8, 4) is 5.69 Å². The molecule has 0 unspecified atom stereocenters. The SMILES string of the molecule is CC(=O)c1c(C)[nH]c(C(=O)CSc2nc3ccccc3c(=O)n2-c2ccccc2)c1C. The van der Waals surface area contributed by atoms with Gasteiger partial charge in [0.25, 0.3) is 5.56 Å². The van der Waals surface area contributed by atoms with E-state index >= 15 is 0 Å². The van der Waals surface area contributed by atoms with Gasteiger partial charge in [0.1, 0.15) is 0 Å². The molecule has 0 bridgehead atoms. The van der Waals surface area contributed by atoms with Gasteiger partial charge in [-0.15, -0.1) is 0 Å². The highest BCUT2D eigenvalue weighted by atomic mass is 32.2. The van der Waals surface area contributed by atoms with E-state index in [1.165, 1.54) is 23.3 Å². The molecule has 0 radical (unpaired) electrons. The summed E-state index contributed by atoms with van der Waals surface area (Å²) in [6, 6.07) is 16.4. The number of rotatable bonds is 6. The fraction of sp³-hybridized carbons (Fsp3) is 0.167. The summed E-state index contributed by atoms with van der Waals surface area (Å²) in [5, 5.41) is 0.958. The normalized spacial score (nSPS) is 11.1. The van der Waals surface area contributed by atoms with Crippen LogP contribution < -0.4 is 5.56 Å². The largest absolute Gasteiger partial charge is 0.355 e. The smallest absolute Gasteiger partial charge is 0.266 e. The maximum atomic E-state index is 13.2. The number of fused-ring (bicyclic) bond motifs is 1. The van der Waals surface area contributed by atoms with Crippen LogP contribution in [0.1, 0.15) is 39.0 Å². The van der Waals surface area contributed by atoms with Crippen LogP contribution in [0.2, 0.25) is 0 Å². The van der Waals surface area contributed by atoms with Crippen molar-refractivity contribution in [3.05, 3.63) is 87.5 Å². The van der Waals surface area contributed by atoms with E-state index in [2.05, 4.69) is 9.97 Å². The minimum absolute atomic E-state index is 0.0768. The van der Waals surface area contributed by atoms with E-state index in [0.29, 0.717) is 44.3 Å². The molecule has 2 aromatic heterocycles. The molecule has 0 aliphatic rings. The number of nitrogens with one attached hydrogen (secondary N) is 1. The molecule has 0 fully saturated rings. The first kappa shape index (κ1) is 20.8. The summed E-state index contributed by atoms with van der Waals surface area (Å²) in [5.74, 6) is -0.150. The lowest BCUT2D eigenvalue weighted by Crippen LogP contribution is -2.22. The van der Waals surface area contributed by atoms with Crippen LogP contribution in [0, 0.1) is 13.8 Å². The maximum absolute atomic E-state index is 13.2. The Bertz CT molecular complexity index is 1370. The Hall–Kier alpha value is -3.45. The molecule has 1 N–H and O–H groups in total. The number of carbonyl (C=O) groups is 2. The molecule has 156 valence electrons. The van der Waals surface area contributed by atoms with Crippen LogP contribution in [-0.4, -0.2) is 31.9 Å². The second-order valence-corrected chi connectivity index (χ2v) is 8.22. The first-order valence-electron chi connectivity index (χ1n) is 9.81. The molecule has 6 nitrogen and oxygen atoms in total. The van der Waals surface area contributed by atoms with E-state index in [4.69, 9.17) is 0 Å². The van der Waals surface area contributed by atoms with Crippen molar-refractivity contribution in [2.45, 2.75) is 25.9 Å². The van der Waals surface area contributed by atoms with Gasteiger partial charge < -0.3 is 4.98 Å². The number of aryl methyl sites for hydroxylation is 1. The Labute approximate surface area is 183 Å². The van der Waals surface area contributed by atoms with Crippen LogP contribution in [0.3, 0.4) is 0 Å². The zero-order chi connectivity index (χ0) is 22.1. The lowest BCUT2D eigenvalue weighted by molar-refractivity contribution is 0.101. The number of para-hydroxylation sites is 2. The Morgan fingerprint density at radius 2 is 1.71 bits per heavy atom. The summed E-state index contributed by atoms with van der Waals surface area (Å²) >= 11 is 1.20. The highest BCUT2D eigenvalue weighted by Crippen LogP contribution is 2.24. The summed E-state index contributed by atoms with van der Waals surface area (Å²) in [7, 11) is 0. The number of nitrogens with zero attached hydrogens (tertiary/aromatic N) is 2. The average Bonchev–Trinajstić information content (AvgIpc) is 3.07. The number of ketones is 2. The van der Waals surface area contributed by atoms with Crippen LogP contribution in [0.25, 0.3) is 16.6 Å². The number of Topliss-reactive ketones (excluding diaryl/α,β-unsaturated/α-hetero) is 2. The number of hydrogen-bond donors (Lipinski definition) is 1. The molecule has 2 aromatic carbocycles. The second-order valence-electron chi connectivity index (χ2n) is 7.28. The van der Waals surface area contributed by atoms with Crippen LogP contribution in [0.4, 0.5) is 0 Å². The topological polar surface area (TPSA) is 84.8 Å². The second kappa shape index (κ2) is 8.35. The predicted octanol–water partition coefficient (Wildman–Crippen LogP) is 4.51. The summed E-state index contributed by atoms with van der Waals surface area (Å²) in [6.07, 6.45) is 0. The van der Waals surface area contributed by atoms with Crippen molar-refractivity contribution >= 4 is 34.2 Å². The molecule has 0 spiro atoms. The van der Waals surface area contributed by atoms with E-state index in [0.717, 1.165) is 0 Å². The summed E-state index contributed by atoms with van der Waals surface area (Å²) in [5.41, 5.74) is 3.40. The Morgan fingerprint density at radius 1 is 1.03 bits per heavy atom. The molecule has 0 saturated carbocycles. The van der Waals surface area contributed by atoms with Gasteiger partial charge >= 0.3 is 0 Å². The van der Waals surface area contributed by atoms with Gasteiger partial charge in [-0.1, -0.05) is 42.1 Å². The first-order chi connectivity index (χ1) is 14.9. The van der Waals surface area contributed by atoms with E-state index in [-0.39, 0.29) is 22.9 Å². The molecule has 4 rings (SSSR count). The van der Waals surface area contributed by atoms with E-state index < -0.39 is 0 Å². The minimum Gasteiger partial charge on any atom is -0.355 e. The highest BCUT2D eigenvalue weighted by molar-refractivity contribution is 7.99. The van der Waals surface area contributed by atoms with Gasteiger partial charge in [-0.2, -0.15) is 0 Å². The molecule has 2 heterocycles. The monoisotopic (exact) mass is 431 g/mol. The molecule has 0 aliphatic carbocycles. The molecule has 0 atom stereocenters. The number of hydrogen-bond acceptors (Lipinski definition) is 5. The molecule has 31 heavy (non-hydrogen) atoms.